The van der Waals surface area contributed by atoms with Crippen LogP contribution in [0.15, 0.2) is 12.1 Å². The van der Waals surface area contributed by atoms with Gasteiger partial charge in [-0.1, -0.05) is 11.6 Å². The highest BCUT2D eigenvalue weighted by Crippen LogP contribution is 2.42. The van der Waals surface area contributed by atoms with Crippen molar-refractivity contribution in [1.82, 2.24) is 9.80 Å². The Hall–Kier alpha value is -2.30. The van der Waals surface area contributed by atoms with Crippen LogP contribution in [0.4, 0.5) is 16.2 Å². The van der Waals surface area contributed by atoms with Crippen molar-refractivity contribution in [2.45, 2.75) is 64.5 Å². The number of nitro benzene ring substituents is 1. The second-order valence-electron chi connectivity index (χ2n) is 9.88. The predicted octanol–water partition coefficient (Wildman–Crippen LogP) is 4.19. The smallest absolute Gasteiger partial charge is 0.410 e. The summed E-state index contributed by atoms with van der Waals surface area (Å²) in [4.78, 5) is 27.9. The number of carbonyl (C=O) groups is 1. The van der Waals surface area contributed by atoms with E-state index in [4.69, 9.17) is 26.9 Å². The summed E-state index contributed by atoms with van der Waals surface area (Å²) in [5.74, 6) is 6.82. The molecule has 11 heteroatoms. The standard InChI is InChI=1S/C23H36ClN5O5/c1-23(2,3)34-22(30)27-13-5-4-8-17(16-27)28(25)21-18(29(31)32)9-10-19(20(21)24)33-15-14-26-11-6-7-12-26/h9-10,17H,4-8,11-16,25H2,1-3H3/t17-/m1/s1. The van der Waals surface area contributed by atoms with Crippen LogP contribution >= 0.6 is 11.6 Å². The molecule has 1 aromatic carbocycles. The second kappa shape index (κ2) is 11.4. The fourth-order valence-corrected chi connectivity index (χ4v) is 4.66. The quantitative estimate of drug-likeness (QED) is 0.338. The highest BCUT2D eigenvalue weighted by Gasteiger charge is 2.33. The highest BCUT2D eigenvalue weighted by atomic mass is 35.5. The lowest BCUT2D eigenvalue weighted by Gasteiger charge is -2.33. The van der Waals surface area contributed by atoms with E-state index in [1.807, 2.05) is 20.8 Å². The van der Waals surface area contributed by atoms with Gasteiger partial charge < -0.3 is 14.4 Å². The lowest BCUT2D eigenvalue weighted by atomic mass is 10.1. The van der Waals surface area contributed by atoms with Gasteiger partial charge in [0.1, 0.15) is 23.0 Å². The van der Waals surface area contributed by atoms with Gasteiger partial charge >= 0.3 is 6.09 Å². The van der Waals surface area contributed by atoms with E-state index in [0.29, 0.717) is 25.3 Å². The Morgan fingerprint density at radius 1 is 1.24 bits per heavy atom. The molecule has 2 saturated heterocycles. The number of amides is 1. The Morgan fingerprint density at radius 2 is 1.91 bits per heavy atom. The number of likely N-dealkylation sites (tertiary alicyclic amines) is 2. The number of rotatable bonds is 7. The van der Waals surface area contributed by atoms with E-state index in [2.05, 4.69) is 4.90 Å². The van der Waals surface area contributed by atoms with Crippen LogP contribution in [-0.4, -0.2) is 71.8 Å². The number of nitrogens with two attached hydrogens (primary N) is 1. The molecule has 0 spiro atoms. The SMILES string of the molecule is CC(C)(C)OC(=O)N1CCCC[C@@H](N(N)c2c([N+](=O)[O-])ccc(OCCN3CCCC3)c2Cl)C1. The second-order valence-corrected chi connectivity index (χ2v) is 10.3. The summed E-state index contributed by atoms with van der Waals surface area (Å²) in [7, 11) is 0. The Balaban J connectivity index is 1.79. The maximum atomic E-state index is 12.7. The Bertz CT molecular complexity index is 872. The fraction of sp³-hybridized carbons (Fsp3) is 0.696. The topological polar surface area (TPSA) is 114 Å². The lowest BCUT2D eigenvalue weighted by Crippen LogP contribution is -2.49. The molecular formula is C23H36ClN5O5. The molecular weight excluding hydrogens is 462 g/mol. The molecule has 0 radical (unpaired) electrons. The van der Waals surface area contributed by atoms with Crippen molar-refractivity contribution >= 4 is 29.1 Å². The number of nitro groups is 1. The fourth-order valence-electron chi connectivity index (χ4n) is 4.35. The summed E-state index contributed by atoms with van der Waals surface area (Å²) >= 11 is 6.62. The number of hydrogen-bond acceptors (Lipinski definition) is 8. The van der Waals surface area contributed by atoms with Gasteiger partial charge in [-0.3, -0.25) is 20.0 Å². The van der Waals surface area contributed by atoms with Gasteiger partial charge in [0.05, 0.1) is 11.0 Å². The van der Waals surface area contributed by atoms with E-state index in [9.17, 15) is 14.9 Å². The van der Waals surface area contributed by atoms with Crippen LogP contribution in [0.1, 0.15) is 52.9 Å². The normalized spacial score (nSPS) is 19.6. The molecule has 0 bridgehead atoms. The summed E-state index contributed by atoms with van der Waals surface area (Å²) in [6, 6.07) is 2.52. The number of anilines is 1. The van der Waals surface area contributed by atoms with Crippen LogP contribution in [0.2, 0.25) is 5.02 Å². The summed E-state index contributed by atoms with van der Waals surface area (Å²) in [6.07, 6.45) is 4.21. The molecule has 0 unspecified atom stereocenters. The van der Waals surface area contributed by atoms with E-state index in [0.717, 1.165) is 32.5 Å². The summed E-state index contributed by atoms with van der Waals surface area (Å²) in [5.41, 5.74) is -0.724. The molecule has 2 N–H and O–H groups in total. The number of benzene rings is 1. The van der Waals surface area contributed by atoms with Gasteiger partial charge in [-0.25, -0.2) is 10.6 Å². The molecule has 2 aliphatic rings. The average molecular weight is 498 g/mol. The predicted molar refractivity (Wildman–Crippen MR) is 131 cm³/mol. The molecule has 0 saturated carbocycles. The van der Waals surface area contributed by atoms with Gasteiger partial charge in [0.25, 0.3) is 5.69 Å². The van der Waals surface area contributed by atoms with Crippen molar-refractivity contribution in [2.75, 3.05) is 44.3 Å². The van der Waals surface area contributed by atoms with Gasteiger partial charge in [0.2, 0.25) is 0 Å². The number of carbonyl (C=O) groups excluding carboxylic acids is 1. The van der Waals surface area contributed by atoms with Crippen LogP contribution in [0.25, 0.3) is 0 Å². The molecule has 10 nitrogen and oxygen atoms in total. The van der Waals surface area contributed by atoms with E-state index < -0.39 is 16.6 Å². The molecule has 2 heterocycles. The van der Waals surface area contributed by atoms with Gasteiger partial charge in [-0.05, 0) is 72.0 Å². The molecule has 2 fully saturated rings. The van der Waals surface area contributed by atoms with Crippen molar-refractivity contribution in [1.29, 1.82) is 0 Å². The third-order valence-corrected chi connectivity index (χ3v) is 6.43. The molecule has 1 aromatic rings. The van der Waals surface area contributed by atoms with E-state index in [-0.39, 0.29) is 29.0 Å². The molecule has 34 heavy (non-hydrogen) atoms. The summed E-state index contributed by atoms with van der Waals surface area (Å²) < 4.78 is 11.4. The molecule has 1 atom stereocenters. The van der Waals surface area contributed by atoms with E-state index >= 15 is 0 Å². The monoisotopic (exact) mass is 497 g/mol. The maximum Gasteiger partial charge on any atom is 0.410 e. The first-order valence-electron chi connectivity index (χ1n) is 11.9. The van der Waals surface area contributed by atoms with Crippen molar-refractivity contribution in [3.63, 3.8) is 0 Å². The minimum absolute atomic E-state index is 0.0985. The maximum absolute atomic E-state index is 12.7. The molecule has 190 valence electrons. The first kappa shape index (κ1) is 26.3. The first-order valence-corrected chi connectivity index (χ1v) is 12.3. The van der Waals surface area contributed by atoms with Crippen molar-refractivity contribution in [3.8, 4) is 5.75 Å². The summed E-state index contributed by atoms with van der Waals surface area (Å²) in [5, 5.41) is 13.2. The van der Waals surface area contributed by atoms with Crippen LogP contribution in [-0.2, 0) is 4.74 Å². The van der Waals surface area contributed by atoms with Gasteiger partial charge in [-0.15, -0.1) is 0 Å². The highest BCUT2D eigenvalue weighted by molar-refractivity contribution is 6.35. The number of halogens is 1. The van der Waals surface area contributed by atoms with Gasteiger partial charge in [0.15, 0.2) is 5.69 Å². The Kier molecular flexibility index (Phi) is 8.83. The molecule has 0 aliphatic carbocycles. The van der Waals surface area contributed by atoms with Crippen molar-refractivity contribution in [2.24, 2.45) is 5.84 Å². The van der Waals surface area contributed by atoms with E-state index in [1.54, 1.807) is 4.90 Å². The van der Waals surface area contributed by atoms with Gasteiger partial charge in [0, 0.05) is 25.7 Å². The van der Waals surface area contributed by atoms with Crippen LogP contribution in [0, 0.1) is 10.1 Å². The van der Waals surface area contributed by atoms with Gasteiger partial charge in [-0.2, -0.15) is 0 Å². The molecule has 0 aromatic heterocycles. The zero-order valence-corrected chi connectivity index (χ0v) is 21.1. The Labute approximate surface area is 206 Å². The van der Waals surface area contributed by atoms with Crippen LogP contribution in [0.3, 0.4) is 0 Å². The zero-order chi connectivity index (χ0) is 24.9. The summed E-state index contributed by atoms with van der Waals surface area (Å²) in [6.45, 7) is 9.55. The minimum Gasteiger partial charge on any atom is -0.491 e. The van der Waals surface area contributed by atoms with Crippen molar-refractivity contribution in [3.05, 3.63) is 27.3 Å². The Morgan fingerprint density at radius 3 is 2.56 bits per heavy atom. The largest absolute Gasteiger partial charge is 0.491 e. The molecule has 3 rings (SSSR count). The first-order chi connectivity index (χ1) is 16.1. The number of nitrogens with zero attached hydrogens (tertiary/aromatic N) is 4. The lowest BCUT2D eigenvalue weighted by molar-refractivity contribution is -0.384. The molecule has 2 aliphatic heterocycles. The third-order valence-electron chi connectivity index (χ3n) is 6.07. The minimum atomic E-state index is -0.621. The van der Waals surface area contributed by atoms with E-state index in [1.165, 1.54) is 30.0 Å². The van der Waals surface area contributed by atoms with Crippen molar-refractivity contribution < 1.29 is 19.2 Å². The zero-order valence-electron chi connectivity index (χ0n) is 20.3. The van der Waals surface area contributed by atoms with Crippen LogP contribution < -0.4 is 15.6 Å². The third kappa shape index (κ3) is 6.86. The number of hydrazine groups is 1. The number of hydrogen-bond donors (Lipinski definition) is 1. The number of ether oxygens (including phenoxy) is 2. The van der Waals surface area contributed by atoms with Crippen LogP contribution in [0.5, 0.6) is 5.75 Å². The molecule has 1 amide bonds. The average Bonchev–Trinajstić information content (AvgIpc) is 3.14.